The van der Waals surface area contributed by atoms with Crippen molar-refractivity contribution in [3.8, 4) is 17.1 Å². The molecule has 0 saturated carbocycles. The molecule has 0 radical (unpaired) electrons. The number of hydrogen-bond donors (Lipinski definition) is 9. The fourth-order valence-corrected chi connectivity index (χ4v) is 9.78. The third kappa shape index (κ3) is 31.9. The Bertz CT molecular complexity index is 3420. The predicted molar refractivity (Wildman–Crippen MR) is 375 cm³/mol. The Morgan fingerprint density at radius 1 is 0.584 bits per heavy atom. The number of nitrogens with two attached hydrogens (primary N) is 2. The molecule has 0 fully saturated rings. The molecule has 552 valence electrons. The Morgan fingerprint density at radius 2 is 1.19 bits per heavy atom. The maximum absolute atomic E-state index is 13.7. The third-order valence-corrected chi connectivity index (χ3v) is 15.1. The van der Waals surface area contributed by atoms with Gasteiger partial charge in [-0.05, 0) is 73.1 Å². The first-order chi connectivity index (χ1) is 49.1. The number of primary amides is 1. The van der Waals surface area contributed by atoms with Gasteiger partial charge >= 0.3 is 12.1 Å². The van der Waals surface area contributed by atoms with Crippen LogP contribution in [0.4, 0.5) is 27.0 Å². The minimum absolute atomic E-state index is 0.0309. The smallest absolute Gasteiger partial charge is 0.407 e. The summed E-state index contributed by atoms with van der Waals surface area (Å²) >= 11 is 0. The fraction of sp³-hybridized carbons (Fsp3) is 0.536. The number of ether oxygens (including phenoxy) is 10. The highest BCUT2D eigenvalue weighted by Crippen LogP contribution is 2.28. The lowest BCUT2D eigenvalue weighted by molar-refractivity contribution is -0.132. The molecule has 32 nitrogen and oxygen atoms in total. The molecule has 0 aliphatic heterocycles. The Morgan fingerprint density at radius 3 is 1.81 bits per heavy atom. The number of hydrogen-bond acceptors (Lipinski definition) is 24. The summed E-state index contributed by atoms with van der Waals surface area (Å²) in [7, 11) is 1.65. The fourth-order valence-electron chi connectivity index (χ4n) is 9.78. The van der Waals surface area contributed by atoms with E-state index in [0.717, 1.165) is 70.7 Å². The van der Waals surface area contributed by atoms with E-state index in [1.807, 2.05) is 54.7 Å². The van der Waals surface area contributed by atoms with E-state index in [1.165, 1.54) is 0 Å². The van der Waals surface area contributed by atoms with Gasteiger partial charge in [0.15, 0.2) is 11.6 Å². The number of benzene rings is 3. The van der Waals surface area contributed by atoms with Crippen molar-refractivity contribution in [2.75, 3.05) is 149 Å². The van der Waals surface area contributed by atoms with Crippen molar-refractivity contribution in [3.05, 3.63) is 107 Å². The first-order valence-electron chi connectivity index (χ1n) is 34.1. The van der Waals surface area contributed by atoms with Gasteiger partial charge in [-0.15, -0.1) is 20.4 Å². The highest BCUT2D eigenvalue weighted by molar-refractivity contribution is 5.98. The Hall–Kier alpha value is -9.28. The number of nitrogens with one attached hydrogen (secondary N) is 7. The molecule has 2 atom stereocenters. The first-order valence-corrected chi connectivity index (χ1v) is 34.1. The number of carbonyl (C=O) groups excluding carboxylic acids is 6. The van der Waals surface area contributed by atoms with E-state index in [4.69, 9.17) is 58.8 Å². The largest absolute Gasteiger partial charge is 0.496 e. The minimum Gasteiger partial charge on any atom is -0.496 e. The van der Waals surface area contributed by atoms with Crippen molar-refractivity contribution in [2.24, 2.45) is 11.7 Å². The van der Waals surface area contributed by atoms with Gasteiger partial charge in [-0.3, -0.25) is 19.2 Å². The summed E-state index contributed by atoms with van der Waals surface area (Å²) in [4.78, 5) is 85.3. The number of alkyl carbamates (subject to hydrolysis) is 1. The zero-order valence-corrected chi connectivity index (χ0v) is 58.6. The van der Waals surface area contributed by atoms with Crippen molar-refractivity contribution < 1.29 is 76.1 Å². The molecular weight excluding hydrogens is 1310 g/mol. The highest BCUT2D eigenvalue weighted by atomic mass is 16.6. The molecular formula is C69H100N16O16. The number of aromatic nitrogens is 7. The number of rotatable bonds is 52. The molecule has 11 N–H and O–H groups in total. The molecule has 7 amide bonds. The van der Waals surface area contributed by atoms with Crippen LogP contribution in [0.15, 0.2) is 79.0 Å². The van der Waals surface area contributed by atoms with Gasteiger partial charge in [0.2, 0.25) is 35.4 Å². The lowest BCUT2D eigenvalue weighted by atomic mass is 10.0. The second-order valence-corrected chi connectivity index (χ2v) is 23.4. The standard InChI is InChI=1S/C69H100N16O16/c1-6-7-8-23-73-64-62-56(78-67(70)80-64)21-27-85(62)45-54-18-13-52(43-58(54)92-5)46-100-42-41-99-40-39-98-36-33-95-30-26-75-69(91)101-47-51-14-19-55(20-15-51)76-65(88)57(10-9-24-74-68(71)90)77-66(89)61(48(2)3)79-59(86)22-28-93-31-34-96-37-38-97-35-32-94-29-25-72-60(87)44-50-11-16-53(17-12-50)63-83-81-49(4)82-84-63/h11-21,27,43,48,57,61H,6-10,22-26,28-42,44-47H2,1-5H3,(H,72,87)(H,75,91)(H,76,88)(H,77,89)(H,79,86)(H3,71,74,90)(H3,70,73,78,80)/t57-,61-/m0/s1. The minimum atomic E-state index is -1.06. The van der Waals surface area contributed by atoms with E-state index in [-0.39, 0.29) is 83.2 Å². The maximum atomic E-state index is 13.7. The number of carbonyl (C=O) groups is 6. The average Bonchev–Trinajstić information content (AvgIpc) is 1.70. The van der Waals surface area contributed by atoms with E-state index >= 15 is 0 Å². The summed E-state index contributed by atoms with van der Waals surface area (Å²) in [5.74, 6) is 0.574. The number of nitrogens with zero attached hydrogens (tertiary/aromatic N) is 7. The topological polar surface area (TPSA) is 413 Å². The summed E-state index contributed by atoms with van der Waals surface area (Å²) in [6, 6.07) is 19.1. The first kappa shape index (κ1) is 80.7. The molecule has 0 unspecified atom stereocenters. The van der Waals surface area contributed by atoms with Gasteiger partial charge in [-0.25, -0.2) is 14.6 Å². The van der Waals surface area contributed by atoms with E-state index in [1.54, 1.807) is 52.1 Å². The van der Waals surface area contributed by atoms with Crippen molar-refractivity contribution >= 4 is 64.2 Å². The predicted octanol–water partition coefficient (Wildman–Crippen LogP) is 4.55. The SMILES string of the molecule is CCCCCNc1nc(N)nc2ccn(Cc3ccc(COCCOCCOCCOCCNC(=O)OCc4ccc(NC(=O)[C@H](CCCNC(N)=O)NC(=O)[C@@H](NC(=O)CCOCCOCCOCCOCCNC(=O)Cc5ccc(-c6nnc(C)nn6)cc5)C(C)C)cc4)cc3OC)c12. The second-order valence-electron chi connectivity index (χ2n) is 23.4. The van der Waals surface area contributed by atoms with Crippen LogP contribution in [0.3, 0.4) is 0 Å². The van der Waals surface area contributed by atoms with E-state index in [2.05, 4.69) is 79.1 Å². The van der Waals surface area contributed by atoms with Gasteiger partial charge < -0.3 is 101 Å². The third-order valence-electron chi connectivity index (χ3n) is 15.1. The van der Waals surface area contributed by atoms with Gasteiger partial charge in [-0.2, -0.15) is 4.98 Å². The van der Waals surface area contributed by atoms with Crippen LogP contribution in [0.2, 0.25) is 0 Å². The van der Waals surface area contributed by atoms with Crippen LogP contribution in [-0.4, -0.2) is 215 Å². The molecule has 3 aromatic heterocycles. The van der Waals surface area contributed by atoms with Crippen LogP contribution < -0.4 is 53.4 Å². The van der Waals surface area contributed by atoms with Gasteiger partial charge in [0.1, 0.15) is 30.0 Å². The van der Waals surface area contributed by atoms with Gasteiger partial charge in [0.05, 0.1) is 131 Å². The molecule has 3 aromatic carbocycles. The van der Waals surface area contributed by atoms with Gasteiger partial charge in [-0.1, -0.05) is 82.1 Å². The maximum Gasteiger partial charge on any atom is 0.407 e. The summed E-state index contributed by atoms with van der Waals surface area (Å²) in [6.07, 6.45) is 5.24. The molecule has 3 heterocycles. The number of unbranched alkanes of at least 4 members (excludes halogenated alkanes) is 2. The van der Waals surface area contributed by atoms with E-state index < -0.39 is 41.9 Å². The van der Waals surface area contributed by atoms with Gasteiger partial charge in [0, 0.05) is 55.6 Å². The quantitative estimate of drug-likeness (QED) is 0.0236. The van der Waals surface area contributed by atoms with Crippen LogP contribution in [0, 0.1) is 12.8 Å². The molecule has 0 saturated heterocycles. The summed E-state index contributed by atoms with van der Waals surface area (Å²) in [5.41, 5.74) is 17.5. The van der Waals surface area contributed by atoms with Crippen LogP contribution in [-0.2, 0) is 88.0 Å². The van der Waals surface area contributed by atoms with Crippen LogP contribution in [0.1, 0.15) is 87.4 Å². The number of aryl methyl sites for hydroxylation is 1. The van der Waals surface area contributed by atoms with Crippen molar-refractivity contribution in [2.45, 2.75) is 104 Å². The molecule has 101 heavy (non-hydrogen) atoms. The summed E-state index contributed by atoms with van der Waals surface area (Å²) < 4.78 is 58.1. The van der Waals surface area contributed by atoms with E-state index in [9.17, 15) is 28.8 Å². The molecule has 6 rings (SSSR count). The van der Waals surface area contributed by atoms with E-state index in [0.29, 0.717) is 122 Å². The number of methoxy groups -OCH3 is 1. The van der Waals surface area contributed by atoms with Crippen LogP contribution in [0.25, 0.3) is 22.4 Å². The number of fused-ring (bicyclic) bond motifs is 1. The Labute approximate surface area is 588 Å². The van der Waals surface area contributed by atoms with Gasteiger partial charge in [0.25, 0.3) is 0 Å². The lowest BCUT2D eigenvalue weighted by Crippen LogP contribution is -2.54. The van der Waals surface area contributed by atoms with Crippen molar-refractivity contribution in [1.29, 1.82) is 0 Å². The zero-order chi connectivity index (χ0) is 72.2. The zero-order valence-electron chi connectivity index (χ0n) is 58.6. The summed E-state index contributed by atoms with van der Waals surface area (Å²) in [6.45, 7) is 14.5. The van der Waals surface area contributed by atoms with Crippen LogP contribution in [0.5, 0.6) is 5.75 Å². The second kappa shape index (κ2) is 46.9. The average molecular weight is 1410 g/mol. The Balaban J connectivity index is 0.749. The van der Waals surface area contributed by atoms with Crippen molar-refractivity contribution in [3.63, 3.8) is 0 Å². The number of anilines is 3. The molecule has 0 spiro atoms. The number of urea groups is 1. The highest BCUT2D eigenvalue weighted by Gasteiger charge is 2.29. The molecule has 0 bridgehead atoms. The number of nitrogen functional groups attached to an aromatic ring is 1. The number of amides is 7. The Kier molecular flexibility index (Phi) is 37.5. The summed E-state index contributed by atoms with van der Waals surface area (Å²) in [5, 5.41) is 35.6. The molecule has 0 aliphatic rings. The van der Waals surface area contributed by atoms with Crippen molar-refractivity contribution in [1.82, 2.24) is 61.5 Å². The normalized spacial score (nSPS) is 11.8. The lowest BCUT2D eigenvalue weighted by Gasteiger charge is -2.25. The molecule has 32 heteroatoms. The van der Waals surface area contributed by atoms with Crippen LogP contribution >= 0.6 is 0 Å². The molecule has 6 aromatic rings. The molecule has 0 aliphatic carbocycles. The monoisotopic (exact) mass is 1410 g/mol.